The van der Waals surface area contributed by atoms with E-state index >= 15 is 0 Å². The molecule has 1 heterocycles. The van der Waals surface area contributed by atoms with Gasteiger partial charge in [0.2, 0.25) is 0 Å². The maximum atomic E-state index is 12.9. The Morgan fingerprint density at radius 2 is 1.77 bits per heavy atom. The minimum atomic E-state index is -2.73. The van der Waals surface area contributed by atoms with Crippen LogP contribution in [0.4, 0.5) is 0 Å². The lowest BCUT2D eigenvalue weighted by atomic mass is 10.2. The summed E-state index contributed by atoms with van der Waals surface area (Å²) in [6, 6.07) is 6.38. The van der Waals surface area contributed by atoms with Crippen LogP contribution in [-0.4, -0.2) is 70.8 Å². The lowest BCUT2D eigenvalue weighted by Gasteiger charge is -2.16. The summed E-state index contributed by atoms with van der Waals surface area (Å²) in [5, 5.41) is 10.7. The summed E-state index contributed by atoms with van der Waals surface area (Å²) in [7, 11) is 1.73. The standard InChI is InChI=1S/C18H23N2O9P/c1-5-27-18(23)13-15(21)16(28-10-29-30(24)25)14(17(22)19(2)3)20(13)11-6-8-12(26-4)9-7-11/h6-9,21,24-25H,5,10H2,1-4H3. The van der Waals surface area contributed by atoms with Gasteiger partial charge in [0.1, 0.15) is 5.75 Å². The molecule has 0 spiro atoms. The molecule has 2 aromatic rings. The van der Waals surface area contributed by atoms with Gasteiger partial charge in [-0.1, -0.05) is 0 Å². The third-order valence-electron chi connectivity index (χ3n) is 3.88. The second-order valence-electron chi connectivity index (χ2n) is 5.97. The lowest BCUT2D eigenvalue weighted by Crippen LogP contribution is -2.26. The van der Waals surface area contributed by atoms with Gasteiger partial charge >= 0.3 is 14.6 Å². The highest BCUT2D eigenvalue weighted by atomic mass is 31.2. The van der Waals surface area contributed by atoms with E-state index < -0.39 is 33.0 Å². The number of aromatic hydroxyl groups is 1. The Hall–Kier alpha value is -2.85. The number of benzene rings is 1. The molecule has 0 saturated heterocycles. The highest BCUT2D eigenvalue weighted by Crippen LogP contribution is 2.41. The molecule has 1 amide bonds. The largest absolute Gasteiger partial charge is 0.503 e. The van der Waals surface area contributed by atoms with Crippen molar-refractivity contribution < 1.29 is 43.2 Å². The predicted molar refractivity (Wildman–Crippen MR) is 106 cm³/mol. The van der Waals surface area contributed by atoms with Crippen molar-refractivity contribution in [2.75, 3.05) is 34.6 Å². The van der Waals surface area contributed by atoms with E-state index in [1.807, 2.05) is 0 Å². The van der Waals surface area contributed by atoms with Crippen molar-refractivity contribution in [3.63, 3.8) is 0 Å². The molecule has 0 aliphatic rings. The summed E-state index contributed by atoms with van der Waals surface area (Å²) < 4.78 is 21.2. The molecule has 0 atom stereocenters. The van der Waals surface area contributed by atoms with Gasteiger partial charge < -0.3 is 34.0 Å². The van der Waals surface area contributed by atoms with Crippen LogP contribution in [0.15, 0.2) is 24.3 Å². The van der Waals surface area contributed by atoms with Crippen LogP contribution in [0.3, 0.4) is 0 Å². The quantitative estimate of drug-likeness (QED) is 0.300. The van der Waals surface area contributed by atoms with Crippen molar-refractivity contribution in [1.29, 1.82) is 0 Å². The summed E-state index contributed by atoms with van der Waals surface area (Å²) in [4.78, 5) is 44.6. The van der Waals surface area contributed by atoms with Crippen LogP contribution >= 0.6 is 8.60 Å². The van der Waals surface area contributed by atoms with Gasteiger partial charge in [0.15, 0.2) is 29.7 Å². The average molecular weight is 442 g/mol. The van der Waals surface area contributed by atoms with Crippen LogP contribution in [-0.2, 0) is 9.26 Å². The number of methoxy groups -OCH3 is 1. The normalized spacial score (nSPS) is 10.8. The zero-order valence-electron chi connectivity index (χ0n) is 16.9. The number of amides is 1. The second kappa shape index (κ2) is 10.3. The molecule has 0 radical (unpaired) electrons. The molecule has 11 nitrogen and oxygen atoms in total. The number of nitrogens with zero attached hydrogens (tertiary/aromatic N) is 2. The van der Waals surface area contributed by atoms with Crippen molar-refractivity contribution in [2.24, 2.45) is 0 Å². The molecular formula is C18H23N2O9P. The first-order valence-corrected chi connectivity index (χ1v) is 9.83. The van der Waals surface area contributed by atoms with E-state index in [2.05, 4.69) is 4.52 Å². The predicted octanol–water partition coefficient (Wildman–Crippen LogP) is 1.63. The summed E-state index contributed by atoms with van der Waals surface area (Å²) in [5.41, 5.74) is -0.173. The van der Waals surface area contributed by atoms with Crippen LogP contribution in [0.2, 0.25) is 0 Å². The summed E-state index contributed by atoms with van der Waals surface area (Å²) in [6.07, 6.45) is 0. The van der Waals surface area contributed by atoms with E-state index in [4.69, 9.17) is 24.0 Å². The van der Waals surface area contributed by atoms with Gasteiger partial charge in [0.25, 0.3) is 5.91 Å². The molecule has 0 aliphatic carbocycles. The molecule has 0 bridgehead atoms. The zero-order valence-corrected chi connectivity index (χ0v) is 17.8. The lowest BCUT2D eigenvalue weighted by molar-refractivity contribution is 0.0512. The highest BCUT2D eigenvalue weighted by molar-refractivity contribution is 7.39. The van der Waals surface area contributed by atoms with Crippen LogP contribution < -0.4 is 9.47 Å². The Kier molecular flexibility index (Phi) is 8.01. The van der Waals surface area contributed by atoms with Gasteiger partial charge in [-0.15, -0.1) is 0 Å². The Morgan fingerprint density at radius 3 is 2.27 bits per heavy atom. The third-order valence-corrected chi connectivity index (χ3v) is 4.22. The fourth-order valence-electron chi connectivity index (χ4n) is 2.59. The van der Waals surface area contributed by atoms with E-state index in [0.29, 0.717) is 11.4 Å². The molecule has 0 aliphatic heterocycles. The molecule has 1 aromatic heterocycles. The molecular weight excluding hydrogens is 419 g/mol. The van der Waals surface area contributed by atoms with Gasteiger partial charge in [-0.2, -0.15) is 0 Å². The minimum Gasteiger partial charge on any atom is -0.503 e. The smallest absolute Gasteiger partial charge is 0.359 e. The van der Waals surface area contributed by atoms with Crippen LogP contribution in [0.5, 0.6) is 17.2 Å². The molecule has 0 fully saturated rings. The summed E-state index contributed by atoms with van der Waals surface area (Å²) in [6.45, 7) is 0.939. The van der Waals surface area contributed by atoms with Crippen molar-refractivity contribution in [2.45, 2.75) is 6.92 Å². The van der Waals surface area contributed by atoms with E-state index in [1.54, 1.807) is 31.2 Å². The van der Waals surface area contributed by atoms with Crippen LogP contribution in [0, 0.1) is 0 Å². The van der Waals surface area contributed by atoms with Gasteiger partial charge in [0.05, 0.1) is 13.7 Å². The topological polar surface area (TPSA) is 140 Å². The number of hydrogen-bond donors (Lipinski definition) is 3. The average Bonchev–Trinajstić information content (AvgIpc) is 2.99. The molecule has 1 aromatic carbocycles. The molecule has 30 heavy (non-hydrogen) atoms. The Balaban J connectivity index is 2.75. The Bertz CT molecular complexity index is 894. The van der Waals surface area contributed by atoms with Gasteiger partial charge in [-0.05, 0) is 31.2 Å². The number of carbonyl (C=O) groups excluding carboxylic acids is 2. The third kappa shape index (κ3) is 5.00. The van der Waals surface area contributed by atoms with Crippen molar-refractivity contribution in [1.82, 2.24) is 9.47 Å². The van der Waals surface area contributed by atoms with E-state index in [9.17, 15) is 14.7 Å². The SMILES string of the molecule is CCOC(=O)c1c(O)c(OCOP(O)O)c(C(=O)N(C)C)n1-c1ccc(OC)cc1. The van der Waals surface area contributed by atoms with Crippen molar-refractivity contribution in [3.05, 3.63) is 35.7 Å². The number of carbonyl (C=O) groups is 2. The fraction of sp³-hybridized carbons (Fsp3) is 0.333. The molecule has 2 rings (SSSR count). The van der Waals surface area contributed by atoms with Gasteiger partial charge in [0, 0.05) is 19.8 Å². The molecule has 3 N–H and O–H groups in total. The van der Waals surface area contributed by atoms with E-state index in [-0.39, 0.29) is 23.7 Å². The molecule has 164 valence electrons. The minimum absolute atomic E-state index is 0.0294. The maximum Gasteiger partial charge on any atom is 0.359 e. The van der Waals surface area contributed by atoms with E-state index in [0.717, 1.165) is 0 Å². The number of ether oxygens (including phenoxy) is 3. The monoisotopic (exact) mass is 442 g/mol. The van der Waals surface area contributed by atoms with Crippen molar-refractivity contribution >= 4 is 20.5 Å². The maximum absolute atomic E-state index is 12.9. The first-order chi connectivity index (χ1) is 14.2. The first kappa shape index (κ1) is 23.4. The molecule has 0 saturated carbocycles. The van der Waals surface area contributed by atoms with Crippen molar-refractivity contribution in [3.8, 4) is 22.9 Å². The summed E-state index contributed by atoms with van der Waals surface area (Å²) in [5.74, 6) is -1.97. The Labute approximate surface area is 174 Å². The fourth-order valence-corrected chi connectivity index (χ4v) is 2.74. The molecule has 0 unspecified atom stereocenters. The highest BCUT2D eigenvalue weighted by Gasteiger charge is 2.34. The van der Waals surface area contributed by atoms with Gasteiger partial charge in [-0.3, -0.25) is 13.9 Å². The zero-order chi connectivity index (χ0) is 22.4. The van der Waals surface area contributed by atoms with Crippen LogP contribution in [0.1, 0.15) is 27.9 Å². The summed E-state index contributed by atoms with van der Waals surface area (Å²) >= 11 is 0. The van der Waals surface area contributed by atoms with E-state index in [1.165, 1.54) is 30.7 Å². The molecule has 12 heteroatoms. The van der Waals surface area contributed by atoms with Gasteiger partial charge in [-0.25, -0.2) is 4.79 Å². The number of rotatable bonds is 9. The number of aromatic nitrogens is 1. The first-order valence-electron chi connectivity index (χ1n) is 8.67. The van der Waals surface area contributed by atoms with Crippen LogP contribution in [0.25, 0.3) is 5.69 Å². The number of hydrogen-bond acceptors (Lipinski definition) is 9. The Morgan fingerprint density at radius 1 is 1.13 bits per heavy atom. The second-order valence-corrected chi connectivity index (χ2v) is 6.74. The number of esters is 1.